The van der Waals surface area contributed by atoms with Gasteiger partial charge in [-0.2, -0.15) is 0 Å². The molecule has 0 aromatic heterocycles. The van der Waals surface area contributed by atoms with Gasteiger partial charge in [0.1, 0.15) is 5.75 Å². The molecule has 72 valence electrons. The van der Waals surface area contributed by atoms with Crippen molar-refractivity contribution in [3.8, 4) is 5.75 Å². The molecule has 3 N–H and O–H groups in total. The van der Waals surface area contributed by atoms with Crippen LogP contribution in [0.1, 0.15) is 11.6 Å². The van der Waals surface area contributed by atoms with Crippen molar-refractivity contribution in [1.82, 2.24) is 0 Å². The number of hydrogen-bond acceptors (Lipinski definition) is 2. The van der Waals surface area contributed by atoms with Gasteiger partial charge in [-0.05, 0) is 28.7 Å². The first kappa shape index (κ1) is 10.6. The van der Waals surface area contributed by atoms with Crippen molar-refractivity contribution >= 4 is 22.6 Å². The number of nitrogens with two attached hydrogens (primary N) is 1. The van der Waals surface area contributed by atoms with E-state index in [0.717, 1.165) is 0 Å². The molecule has 1 atom stereocenters. The summed E-state index contributed by atoms with van der Waals surface area (Å²) in [5.74, 6) is -0.157. The normalized spacial score (nSPS) is 13.3. The summed E-state index contributed by atoms with van der Waals surface area (Å²) in [7, 11) is 0. The Hall–Kier alpha value is -0.430. The van der Waals surface area contributed by atoms with Gasteiger partial charge in [0.05, 0.1) is 9.61 Å². The van der Waals surface area contributed by atoms with Gasteiger partial charge in [0.25, 0.3) is 6.43 Å². The van der Waals surface area contributed by atoms with Crippen LogP contribution in [0.4, 0.5) is 8.78 Å². The van der Waals surface area contributed by atoms with E-state index in [2.05, 4.69) is 0 Å². The summed E-state index contributed by atoms with van der Waals surface area (Å²) < 4.78 is 24.9. The van der Waals surface area contributed by atoms with Gasteiger partial charge >= 0.3 is 0 Å². The molecule has 0 aliphatic heterocycles. The molecule has 0 aliphatic carbocycles. The first-order valence-electron chi connectivity index (χ1n) is 3.55. The fourth-order valence-electron chi connectivity index (χ4n) is 0.937. The molecule has 1 unspecified atom stereocenters. The first-order chi connectivity index (χ1) is 6.04. The molecule has 1 aromatic carbocycles. The van der Waals surface area contributed by atoms with Gasteiger partial charge in [-0.3, -0.25) is 0 Å². The van der Waals surface area contributed by atoms with Crippen molar-refractivity contribution in [3.05, 3.63) is 27.3 Å². The molecule has 0 spiro atoms. The van der Waals surface area contributed by atoms with E-state index in [1.807, 2.05) is 22.6 Å². The molecule has 1 aromatic rings. The summed E-state index contributed by atoms with van der Waals surface area (Å²) in [5, 5.41) is 9.40. The minimum Gasteiger partial charge on any atom is -0.506 e. The molecule has 0 aliphatic rings. The van der Waals surface area contributed by atoms with Crippen LogP contribution >= 0.6 is 22.6 Å². The summed E-state index contributed by atoms with van der Waals surface area (Å²) in [6.07, 6.45) is -2.66. The third-order valence-corrected chi connectivity index (χ3v) is 2.52. The molecule has 2 nitrogen and oxygen atoms in total. The van der Waals surface area contributed by atoms with Crippen molar-refractivity contribution in [2.24, 2.45) is 5.73 Å². The zero-order valence-electron chi connectivity index (χ0n) is 6.55. The lowest BCUT2D eigenvalue weighted by Gasteiger charge is -2.12. The van der Waals surface area contributed by atoms with Crippen molar-refractivity contribution in [2.75, 3.05) is 0 Å². The maximum absolute atomic E-state index is 12.2. The minimum absolute atomic E-state index is 0.0851. The van der Waals surface area contributed by atoms with Crippen molar-refractivity contribution in [3.63, 3.8) is 0 Å². The van der Waals surface area contributed by atoms with Crippen LogP contribution in [0.15, 0.2) is 18.2 Å². The summed E-state index contributed by atoms with van der Waals surface area (Å²) in [5.41, 5.74) is 5.28. The lowest BCUT2D eigenvalue weighted by molar-refractivity contribution is 0.115. The summed E-state index contributed by atoms with van der Waals surface area (Å²) >= 11 is 1.86. The molecule has 0 fully saturated rings. The topological polar surface area (TPSA) is 46.2 Å². The number of rotatable bonds is 2. The van der Waals surface area contributed by atoms with Gasteiger partial charge < -0.3 is 10.8 Å². The number of phenolic OH excluding ortho intramolecular Hbond substituents is 1. The second-order valence-electron chi connectivity index (χ2n) is 2.54. The predicted octanol–water partition coefficient (Wildman–Crippen LogP) is 2.26. The van der Waals surface area contributed by atoms with Crippen LogP contribution in [-0.2, 0) is 0 Å². The predicted molar refractivity (Wildman–Crippen MR) is 53.8 cm³/mol. The molecule has 0 saturated carbocycles. The van der Waals surface area contributed by atoms with Crippen molar-refractivity contribution < 1.29 is 13.9 Å². The third kappa shape index (κ3) is 2.28. The molecule has 0 radical (unpaired) electrons. The van der Waals surface area contributed by atoms with E-state index in [-0.39, 0.29) is 11.3 Å². The van der Waals surface area contributed by atoms with E-state index in [9.17, 15) is 13.9 Å². The fraction of sp³-hybridized carbons (Fsp3) is 0.250. The minimum atomic E-state index is -2.66. The molecule has 0 saturated heterocycles. The van der Waals surface area contributed by atoms with Crippen molar-refractivity contribution in [1.29, 1.82) is 0 Å². The Morgan fingerprint density at radius 2 is 2.00 bits per heavy atom. The molecule has 13 heavy (non-hydrogen) atoms. The Labute approximate surface area is 87.9 Å². The first-order valence-corrected chi connectivity index (χ1v) is 4.63. The van der Waals surface area contributed by atoms with Crippen LogP contribution in [0.5, 0.6) is 5.75 Å². The van der Waals surface area contributed by atoms with Gasteiger partial charge in [-0.1, -0.05) is 12.1 Å². The lowest BCUT2D eigenvalue weighted by Crippen LogP contribution is -2.19. The lowest BCUT2D eigenvalue weighted by atomic mass is 10.1. The van der Waals surface area contributed by atoms with E-state index < -0.39 is 12.5 Å². The third-order valence-electron chi connectivity index (χ3n) is 1.65. The highest BCUT2D eigenvalue weighted by Gasteiger charge is 2.21. The monoisotopic (exact) mass is 299 g/mol. The number of hydrogen-bond donors (Lipinski definition) is 2. The van der Waals surface area contributed by atoms with E-state index in [4.69, 9.17) is 5.73 Å². The number of para-hydroxylation sites is 1. The van der Waals surface area contributed by atoms with Gasteiger partial charge in [-0.25, -0.2) is 8.78 Å². The maximum atomic E-state index is 12.2. The standard InChI is InChI=1S/C8H8F2INO/c9-8(10)6(12)4-2-1-3-5(11)7(4)13/h1-3,6,8,13H,12H2. The van der Waals surface area contributed by atoms with Crippen LogP contribution in [0.2, 0.25) is 0 Å². The van der Waals surface area contributed by atoms with E-state index in [1.165, 1.54) is 6.07 Å². The zero-order chi connectivity index (χ0) is 10.0. The number of alkyl halides is 2. The van der Waals surface area contributed by atoms with E-state index >= 15 is 0 Å². The summed E-state index contributed by atoms with van der Waals surface area (Å²) in [4.78, 5) is 0. The second-order valence-corrected chi connectivity index (χ2v) is 3.70. The average Bonchev–Trinajstić information content (AvgIpc) is 2.08. The largest absolute Gasteiger partial charge is 0.506 e. The number of benzene rings is 1. The van der Waals surface area contributed by atoms with Crippen LogP contribution in [0, 0.1) is 3.57 Å². The molecule has 0 amide bonds. The second kappa shape index (κ2) is 4.19. The van der Waals surface area contributed by atoms with Crippen LogP contribution in [0.3, 0.4) is 0 Å². The van der Waals surface area contributed by atoms with Crippen LogP contribution in [-0.4, -0.2) is 11.5 Å². The summed E-state index contributed by atoms with van der Waals surface area (Å²) in [6.45, 7) is 0. The molecule has 0 bridgehead atoms. The van der Waals surface area contributed by atoms with Gasteiger partial charge in [0, 0.05) is 5.56 Å². The Balaban J connectivity index is 3.07. The molecule has 1 rings (SSSR count). The smallest absolute Gasteiger partial charge is 0.257 e. The highest BCUT2D eigenvalue weighted by molar-refractivity contribution is 14.1. The SMILES string of the molecule is NC(c1cccc(I)c1O)C(F)F. The maximum Gasteiger partial charge on any atom is 0.257 e. The number of phenols is 1. The Kier molecular flexibility index (Phi) is 3.43. The van der Waals surface area contributed by atoms with Gasteiger partial charge in [-0.15, -0.1) is 0 Å². The Morgan fingerprint density at radius 1 is 1.38 bits per heavy atom. The number of halogens is 3. The quantitative estimate of drug-likeness (QED) is 0.823. The molecular weight excluding hydrogens is 291 g/mol. The summed E-state index contributed by atoms with van der Waals surface area (Å²) in [6, 6.07) is 3.18. The average molecular weight is 299 g/mol. The van der Waals surface area contributed by atoms with Crippen LogP contribution < -0.4 is 5.73 Å². The molecular formula is C8H8F2INO. The van der Waals surface area contributed by atoms with Gasteiger partial charge in [0.2, 0.25) is 0 Å². The zero-order valence-corrected chi connectivity index (χ0v) is 8.70. The number of aromatic hydroxyl groups is 1. The fourth-order valence-corrected chi connectivity index (χ4v) is 1.46. The Bertz CT molecular complexity index is 306. The highest BCUT2D eigenvalue weighted by Crippen LogP contribution is 2.30. The van der Waals surface area contributed by atoms with Gasteiger partial charge in [0.15, 0.2) is 0 Å². The highest BCUT2D eigenvalue weighted by atomic mass is 127. The van der Waals surface area contributed by atoms with Crippen molar-refractivity contribution in [2.45, 2.75) is 12.5 Å². The van der Waals surface area contributed by atoms with E-state index in [0.29, 0.717) is 3.57 Å². The Morgan fingerprint density at radius 3 is 2.54 bits per heavy atom. The van der Waals surface area contributed by atoms with Crippen LogP contribution in [0.25, 0.3) is 0 Å². The molecule has 5 heteroatoms. The van der Waals surface area contributed by atoms with E-state index in [1.54, 1.807) is 12.1 Å². The molecule has 0 heterocycles.